The Morgan fingerprint density at radius 1 is 1.41 bits per heavy atom. The summed E-state index contributed by atoms with van der Waals surface area (Å²) in [7, 11) is 1.46. The zero-order valence-electron chi connectivity index (χ0n) is 11.1. The van der Waals surface area contributed by atoms with Crippen molar-refractivity contribution in [3.8, 4) is 5.88 Å². The fourth-order valence-electron chi connectivity index (χ4n) is 1.38. The van der Waals surface area contributed by atoms with Gasteiger partial charge in [0.05, 0.1) is 7.11 Å². The zero-order valence-corrected chi connectivity index (χ0v) is 12.0. The van der Waals surface area contributed by atoms with Crippen molar-refractivity contribution >= 4 is 22.5 Å². The summed E-state index contributed by atoms with van der Waals surface area (Å²) in [5, 5.41) is 9.50. The lowest BCUT2D eigenvalue weighted by Gasteiger charge is -2.06. The summed E-state index contributed by atoms with van der Waals surface area (Å²) in [4.78, 5) is 15.5. The summed E-state index contributed by atoms with van der Waals surface area (Å²) < 4.78 is 42.0. The molecule has 2 heterocycles. The number of ether oxygens (including phenoxy) is 1. The molecule has 0 saturated heterocycles. The van der Waals surface area contributed by atoms with Gasteiger partial charge < -0.3 is 10.1 Å². The first kappa shape index (κ1) is 15.9. The Morgan fingerprint density at radius 3 is 2.82 bits per heavy atom. The van der Waals surface area contributed by atoms with Crippen LogP contribution in [0.2, 0.25) is 0 Å². The van der Waals surface area contributed by atoms with Crippen LogP contribution in [0.15, 0.2) is 18.3 Å². The standard InChI is InChI=1S/C11H10F3N5O2S/c1-21-7-4-6(2-3-15-7)5-16-9(20)17-10-19-18-8(22-10)11(12,13)14/h2-4H,5H2,1H3,(H2,16,17,19,20). The number of urea groups is 1. The van der Waals surface area contributed by atoms with Crippen molar-refractivity contribution in [1.29, 1.82) is 0 Å². The van der Waals surface area contributed by atoms with Crippen LogP contribution in [0, 0.1) is 0 Å². The Balaban J connectivity index is 1.89. The smallest absolute Gasteiger partial charge is 0.445 e. The number of carbonyl (C=O) groups is 1. The van der Waals surface area contributed by atoms with Gasteiger partial charge in [0.2, 0.25) is 16.0 Å². The Labute approximate surface area is 126 Å². The van der Waals surface area contributed by atoms with Gasteiger partial charge in [-0.05, 0) is 11.6 Å². The molecule has 7 nitrogen and oxygen atoms in total. The van der Waals surface area contributed by atoms with Crippen molar-refractivity contribution in [2.45, 2.75) is 12.7 Å². The third kappa shape index (κ3) is 4.28. The van der Waals surface area contributed by atoms with E-state index >= 15 is 0 Å². The SMILES string of the molecule is COc1cc(CNC(=O)Nc2nnc(C(F)(F)F)s2)ccn1. The molecule has 2 aromatic rings. The van der Waals surface area contributed by atoms with E-state index in [0.717, 1.165) is 5.56 Å². The van der Waals surface area contributed by atoms with E-state index in [-0.39, 0.29) is 23.0 Å². The highest BCUT2D eigenvalue weighted by molar-refractivity contribution is 7.15. The van der Waals surface area contributed by atoms with Crippen LogP contribution in [-0.4, -0.2) is 28.3 Å². The average molecular weight is 333 g/mol. The highest BCUT2D eigenvalue weighted by Gasteiger charge is 2.35. The van der Waals surface area contributed by atoms with E-state index < -0.39 is 17.2 Å². The van der Waals surface area contributed by atoms with Crippen LogP contribution in [0.3, 0.4) is 0 Å². The number of amides is 2. The van der Waals surface area contributed by atoms with Crippen LogP contribution in [-0.2, 0) is 12.7 Å². The summed E-state index contributed by atoms with van der Waals surface area (Å²) >= 11 is 0.247. The van der Waals surface area contributed by atoms with Gasteiger partial charge >= 0.3 is 12.2 Å². The molecule has 0 unspecified atom stereocenters. The van der Waals surface area contributed by atoms with Gasteiger partial charge in [0, 0.05) is 18.8 Å². The summed E-state index contributed by atoms with van der Waals surface area (Å²) in [6.07, 6.45) is -3.07. The number of carbonyl (C=O) groups excluding carboxylic acids is 1. The van der Waals surface area contributed by atoms with Crippen molar-refractivity contribution in [2.24, 2.45) is 0 Å². The summed E-state index contributed by atoms with van der Waals surface area (Å²) in [6.45, 7) is 0.148. The van der Waals surface area contributed by atoms with Crippen LogP contribution < -0.4 is 15.4 Å². The van der Waals surface area contributed by atoms with Crippen molar-refractivity contribution in [3.05, 3.63) is 28.9 Å². The van der Waals surface area contributed by atoms with Crippen LogP contribution in [0.4, 0.5) is 23.1 Å². The van der Waals surface area contributed by atoms with E-state index in [4.69, 9.17) is 4.74 Å². The fraction of sp³-hybridized carbons (Fsp3) is 0.273. The van der Waals surface area contributed by atoms with Gasteiger partial charge in [-0.3, -0.25) is 5.32 Å². The quantitative estimate of drug-likeness (QED) is 0.896. The molecule has 0 saturated carbocycles. The monoisotopic (exact) mass is 333 g/mol. The Bertz CT molecular complexity index is 661. The molecule has 0 aliphatic heterocycles. The van der Waals surface area contributed by atoms with Gasteiger partial charge in [-0.2, -0.15) is 13.2 Å². The van der Waals surface area contributed by atoms with Gasteiger partial charge in [0.25, 0.3) is 0 Å². The minimum atomic E-state index is -4.58. The van der Waals surface area contributed by atoms with Crippen molar-refractivity contribution in [1.82, 2.24) is 20.5 Å². The number of nitrogens with zero attached hydrogens (tertiary/aromatic N) is 3. The maximum Gasteiger partial charge on any atom is 0.445 e. The third-order valence-corrected chi connectivity index (χ3v) is 3.23. The minimum absolute atomic E-state index is 0.148. The van der Waals surface area contributed by atoms with Gasteiger partial charge in [-0.15, -0.1) is 10.2 Å². The summed E-state index contributed by atoms with van der Waals surface area (Å²) in [5.74, 6) is 0.388. The molecule has 0 bridgehead atoms. The molecular weight excluding hydrogens is 323 g/mol. The van der Waals surface area contributed by atoms with E-state index in [1.807, 2.05) is 0 Å². The molecule has 0 spiro atoms. The van der Waals surface area contributed by atoms with Crippen molar-refractivity contribution in [2.75, 3.05) is 12.4 Å². The number of pyridine rings is 1. The second-order valence-electron chi connectivity index (χ2n) is 3.92. The Kier molecular flexibility index (Phi) is 4.75. The van der Waals surface area contributed by atoms with Gasteiger partial charge in [0.1, 0.15) is 0 Å². The van der Waals surface area contributed by atoms with E-state index in [9.17, 15) is 18.0 Å². The van der Waals surface area contributed by atoms with Crippen molar-refractivity contribution < 1.29 is 22.7 Å². The van der Waals surface area contributed by atoms with E-state index in [1.54, 1.807) is 12.1 Å². The molecule has 2 amide bonds. The van der Waals surface area contributed by atoms with Gasteiger partial charge in [-0.1, -0.05) is 11.3 Å². The molecule has 11 heteroatoms. The van der Waals surface area contributed by atoms with Crippen LogP contribution >= 0.6 is 11.3 Å². The number of halogens is 3. The summed E-state index contributed by atoms with van der Waals surface area (Å²) in [6, 6.07) is 2.59. The molecule has 22 heavy (non-hydrogen) atoms. The normalized spacial score (nSPS) is 11.1. The molecule has 2 N–H and O–H groups in total. The average Bonchev–Trinajstić information content (AvgIpc) is 2.94. The molecule has 0 radical (unpaired) electrons. The van der Waals surface area contributed by atoms with Crippen LogP contribution in [0.1, 0.15) is 10.6 Å². The molecule has 0 atom stereocenters. The van der Waals surface area contributed by atoms with Gasteiger partial charge in [-0.25, -0.2) is 9.78 Å². The van der Waals surface area contributed by atoms with Crippen LogP contribution in [0.25, 0.3) is 0 Å². The molecule has 0 fully saturated rings. The van der Waals surface area contributed by atoms with E-state index in [0.29, 0.717) is 5.88 Å². The molecule has 2 rings (SSSR count). The second-order valence-corrected chi connectivity index (χ2v) is 4.90. The number of methoxy groups -OCH3 is 1. The molecular formula is C11H10F3N5O2S. The molecule has 118 valence electrons. The van der Waals surface area contributed by atoms with E-state index in [1.165, 1.54) is 13.3 Å². The highest BCUT2D eigenvalue weighted by Crippen LogP contribution is 2.32. The zero-order chi connectivity index (χ0) is 16.2. The predicted octanol–water partition coefficient (Wildman–Crippen LogP) is 2.28. The summed E-state index contributed by atoms with van der Waals surface area (Å²) in [5.41, 5.74) is 0.718. The fourth-order valence-corrected chi connectivity index (χ4v) is 1.99. The lowest BCUT2D eigenvalue weighted by molar-refractivity contribution is -0.138. The first-order chi connectivity index (χ1) is 10.4. The van der Waals surface area contributed by atoms with Crippen LogP contribution in [0.5, 0.6) is 5.88 Å². The number of rotatable bonds is 4. The third-order valence-electron chi connectivity index (χ3n) is 2.35. The molecule has 0 aromatic carbocycles. The second kappa shape index (κ2) is 6.56. The first-order valence-corrected chi connectivity index (χ1v) is 6.64. The number of nitrogens with one attached hydrogen (secondary N) is 2. The molecule has 0 aliphatic rings. The molecule has 0 aliphatic carbocycles. The lowest BCUT2D eigenvalue weighted by atomic mass is 10.2. The predicted molar refractivity (Wildman–Crippen MR) is 71.6 cm³/mol. The number of aromatic nitrogens is 3. The topological polar surface area (TPSA) is 89.0 Å². The molecule has 2 aromatic heterocycles. The van der Waals surface area contributed by atoms with Crippen molar-refractivity contribution in [3.63, 3.8) is 0 Å². The maximum atomic E-state index is 12.3. The number of anilines is 1. The largest absolute Gasteiger partial charge is 0.481 e. The highest BCUT2D eigenvalue weighted by atomic mass is 32.1. The maximum absolute atomic E-state index is 12.3. The Morgan fingerprint density at radius 2 is 2.18 bits per heavy atom. The number of hydrogen-bond donors (Lipinski definition) is 2. The Hall–Kier alpha value is -2.43. The lowest BCUT2D eigenvalue weighted by Crippen LogP contribution is -2.28. The van der Waals surface area contributed by atoms with E-state index in [2.05, 4.69) is 25.8 Å². The number of hydrogen-bond acceptors (Lipinski definition) is 6. The number of alkyl halides is 3. The van der Waals surface area contributed by atoms with Gasteiger partial charge in [0.15, 0.2) is 0 Å². The first-order valence-electron chi connectivity index (χ1n) is 5.83. The minimum Gasteiger partial charge on any atom is -0.481 e.